The monoisotopic (exact) mass is 302 g/mol. The van der Waals surface area contributed by atoms with E-state index >= 15 is 0 Å². The molecule has 2 aromatic rings. The maximum Gasteiger partial charge on any atom is 0.416 e. The Hall–Kier alpha value is -1.53. The van der Waals surface area contributed by atoms with Crippen LogP contribution in [-0.2, 0) is 12.6 Å². The van der Waals surface area contributed by atoms with Gasteiger partial charge in [-0.25, -0.2) is 0 Å². The lowest BCUT2D eigenvalue weighted by Gasteiger charge is -2.12. The zero-order valence-electron chi connectivity index (χ0n) is 10.4. The van der Waals surface area contributed by atoms with Crippen molar-refractivity contribution < 1.29 is 23.0 Å². The van der Waals surface area contributed by atoms with Gasteiger partial charge >= 0.3 is 6.18 Å². The lowest BCUT2D eigenvalue weighted by Crippen LogP contribution is -2.19. The van der Waals surface area contributed by atoms with Gasteiger partial charge in [-0.05, 0) is 35.7 Å². The zero-order chi connectivity index (χ0) is 14.6. The lowest BCUT2D eigenvalue weighted by atomic mass is 10.2. The van der Waals surface area contributed by atoms with E-state index < -0.39 is 17.8 Å². The Morgan fingerprint density at radius 1 is 1.15 bits per heavy atom. The SMILES string of the molecule is OC(COc1ccc(C(F)(F)F)cc1)Cc1cccs1. The molecule has 1 aromatic heterocycles. The van der Waals surface area contributed by atoms with Crippen LogP contribution in [0.4, 0.5) is 13.2 Å². The number of halogens is 3. The van der Waals surface area contributed by atoms with Crippen LogP contribution in [-0.4, -0.2) is 17.8 Å². The van der Waals surface area contributed by atoms with Crippen molar-refractivity contribution in [2.75, 3.05) is 6.61 Å². The predicted molar refractivity (Wildman–Crippen MR) is 71.0 cm³/mol. The summed E-state index contributed by atoms with van der Waals surface area (Å²) >= 11 is 1.54. The fourth-order valence-electron chi connectivity index (χ4n) is 1.65. The van der Waals surface area contributed by atoms with E-state index in [-0.39, 0.29) is 6.61 Å². The Kier molecular flexibility index (Phi) is 4.67. The average Bonchev–Trinajstić information content (AvgIpc) is 2.88. The van der Waals surface area contributed by atoms with Gasteiger partial charge in [-0.1, -0.05) is 6.07 Å². The second-order valence-corrected chi connectivity index (χ2v) is 5.30. The van der Waals surface area contributed by atoms with E-state index in [1.807, 2.05) is 17.5 Å². The number of aliphatic hydroxyl groups is 1. The van der Waals surface area contributed by atoms with Crippen LogP contribution in [0, 0.1) is 0 Å². The molecule has 0 radical (unpaired) electrons. The molecule has 0 aliphatic heterocycles. The second kappa shape index (κ2) is 6.28. The van der Waals surface area contributed by atoms with Gasteiger partial charge in [-0.2, -0.15) is 13.2 Å². The van der Waals surface area contributed by atoms with Gasteiger partial charge in [0.25, 0.3) is 0 Å². The van der Waals surface area contributed by atoms with E-state index in [0.717, 1.165) is 17.0 Å². The number of thiophene rings is 1. The maximum atomic E-state index is 12.4. The molecular weight excluding hydrogens is 289 g/mol. The zero-order valence-corrected chi connectivity index (χ0v) is 11.2. The predicted octanol–water partition coefficient (Wildman–Crippen LogP) is 3.75. The molecule has 0 saturated carbocycles. The van der Waals surface area contributed by atoms with Gasteiger partial charge in [0, 0.05) is 11.3 Å². The van der Waals surface area contributed by atoms with Crippen LogP contribution in [0.1, 0.15) is 10.4 Å². The average molecular weight is 302 g/mol. The standard InChI is InChI=1S/C14H13F3O2S/c15-14(16,17)10-3-5-12(6-4-10)19-9-11(18)8-13-2-1-7-20-13/h1-7,11,18H,8-9H2. The van der Waals surface area contributed by atoms with Gasteiger partial charge < -0.3 is 9.84 Å². The third-order valence-corrected chi connectivity index (χ3v) is 3.54. The Bertz CT molecular complexity index is 520. The molecule has 0 saturated heterocycles. The largest absolute Gasteiger partial charge is 0.491 e. The maximum absolute atomic E-state index is 12.4. The fourth-order valence-corrected chi connectivity index (χ4v) is 2.43. The number of hydrogen-bond acceptors (Lipinski definition) is 3. The van der Waals surface area contributed by atoms with E-state index in [9.17, 15) is 18.3 Å². The first-order chi connectivity index (χ1) is 9.45. The highest BCUT2D eigenvalue weighted by Crippen LogP contribution is 2.30. The van der Waals surface area contributed by atoms with E-state index in [1.165, 1.54) is 23.5 Å². The number of ether oxygens (including phenoxy) is 1. The molecule has 2 rings (SSSR count). The molecule has 0 fully saturated rings. The molecule has 1 atom stereocenters. The number of hydrogen-bond donors (Lipinski definition) is 1. The summed E-state index contributed by atoms with van der Waals surface area (Å²) in [6.45, 7) is 0.0449. The molecule has 0 amide bonds. The van der Waals surface area contributed by atoms with Crippen molar-refractivity contribution in [1.82, 2.24) is 0 Å². The summed E-state index contributed by atoms with van der Waals surface area (Å²) in [5.41, 5.74) is -0.719. The summed E-state index contributed by atoms with van der Waals surface area (Å²) in [5.74, 6) is 0.309. The smallest absolute Gasteiger partial charge is 0.416 e. The molecule has 0 bridgehead atoms. The molecule has 0 aliphatic carbocycles. The van der Waals surface area contributed by atoms with Gasteiger partial charge in [-0.3, -0.25) is 0 Å². The molecule has 108 valence electrons. The number of alkyl halides is 3. The van der Waals surface area contributed by atoms with E-state index in [1.54, 1.807) is 0 Å². The minimum Gasteiger partial charge on any atom is -0.491 e. The Morgan fingerprint density at radius 2 is 1.85 bits per heavy atom. The van der Waals surface area contributed by atoms with Gasteiger partial charge in [0.1, 0.15) is 12.4 Å². The summed E-state index contributed by atoms with van der Waals surface area (Å²) in [5, 5.41) is 11.7. The highest BCUT2D eigenvalue weighted by Gasteiger charge is 2.30. The quantitative estimate of drug-likeness (QED) is 0.911. The third-order valence-electron chi connectivity index (χ3n) is 2.64. The first-order valence-corrected chi connectivity index (χ1v) is 6.83. The van der Waals surface area contributed by atoms with Crippen LogP contribution >= 0.6 is 11.3 Å². The molecule has 0 spiro atoms. The van der Waals surface area contributed by atoms with Crippen LogP contribution in [0.25, 0.3) is 0 Å². The Morgan fingerprint density at radius 3 is 2.40 bits per heavy atom. The highest BCUT2D eigenvalue weighted by atomic mass is 32.1. The summed E-state index contributed by atoms with van der Waals surface area (Å²) in [6.07, 6.45) is -4.56. The number of aliphatic hydroxyl groups excluding tert-OH is 1. The van der Waals surface area contributed by atoms with Crippen molar-refractivity contribution in [2.24, 2.45) is 0 Å². The van der Waals surface area contributed by atoms with Crippen molar-refractivity contribution in [2.45, 2.75) is 18.7 Å². The molecule has 6 heteroatoms. The normalized spacial score (nSPS) is 13.2. The number of rotatable bonds is 5. The fraction of sp³-hybridized carbons (Fsp3) is 0.286. The first kappa shape index (κ1) is 14.9. The minimum absolute atomic E-state index is 0.0449. The molecule has 1 unspecified atom stereocenters. The molecule has 1 aromatic carbocycles. The van der Waals surface area contributed by atoms with Gasteiger partial charge in [0.05, 0.1) is 11.7 Å². The van der Waals surface area contributed by atoms with Gasteiger partial charge in [0.15, 0.2) is 0 Å². The van der Waals surface area contributed by atoms with Crippen LogP contribution in [0.5, 0.6) is 5.75 Å². The van der Waals surface area contributed by atoms with Crippen molar-refractivity contribution in [1.29, 1.82) is 0 Å². The highest BCUT2D eigenvalue weighted by molar-refractivity contribution is 7.09. The van der Waals surface area contributed by atoms with Crippen LogP contribution < -0.4 is 4.74 Å². The van der Waals surface area contributed by atoms with Crippen molar-refractivity contribution in [3.63, 3.8) is 0 Å². The molecular formula is C14H13F3O2S. The minimum atomic E-state index is -4.35. The van der Waals surface area contributed by atoms with E-state index in [2.05, 4.69) is 0 Å². The van der Waals surface area contributed by atoms with Crippen LogP contribution in [0.2, 0.25) is 0 Å². The van der Waals surface area contributed by atoms with Crippen LogP contribution in [0.15, 0.2) is 41.8 Å². The summed E-state index contributed by atoms with van der Waals surface area (Å²) in [6, 6.07) is 8.22. The Labute approximate surface area is 118 Å². The first-order valence-electron chi connectivity index (χ1n) is 5.95. The summed E-state index contributed by atoms with van der Waals surface area (Å²) < 4.78 is 42.4. The molecule has 1 heterocycles. The molecule has 20 heavy (non-hydrogen) atoms. The lowest BCUT2D eigenvalue weighted by molar-refractivity contribution is -0.137. The second-order valence-electron chi connectivity index (χ2n) is 4.27. The van der Waals surface area contributed by atoms with Gasteiger partial charge in [0.2, 0.25) is 0 Å². The summed E-state index contributed by atoms with van der Waals surface area (Å²) in [4.78, 5) is 1.04. The topological polar surface area (TPSA) is 29.5 Å². The third kappa shape index (κ3) is 4.25. The van der Waals surface area contributed by atoms with Crippen LogP contribution in [0.3, 0.4) is 0 Å². The molecule has 0 aliphatic rings. The van der Waals surface area contributed by atoms with Crippen molar-refractivity contribution >= 4 is 11.3 Å². The number of benzene rings is 1. The molecule has 2 nitrogen and oxygen atoms in total. The van der Waals surface area contributed by atoms with Crippen molar-refractivity contribution in [3.8, 4) is 5.75 Å². The Balaban J connectivity index is 1.84. The molecule has 1 N–H and O–H groups in total. The van der Waals surface area contributed by atoms with E-state index in [4.69, 9.17) is 4.74 Å². The van der Waals surface area contributed by atoms with Crippen molar-refractivity contribution in [3.05, 3.63) is 52.2 Å². The van der Waals surface area contributed by atoms with Gasteiger partial charge in [-0.15, -0.1) is 11.3 Å². The van der Waals surface area contributed by atoms with E-state index in [0.29, 0.717) is 12.2 Å². The summed E-state index contributed by atoms with van der Waals surface area (Å²) in [7, 11) is 0.